The molecule has 0 unspecified atom stereocenters. The van der Waals surface area contributed by atoms with Gasteiger partial charge in [-0.3, -0.25) is 25.2 Å². The van der Waals surface area contributed by atoms with Crippen LogP contribution < -0.4 is 10.9 Å². The van der Waals surface area contributed by atoms with Crippen LogP contribution in [0.15, 0.2) is 54.6 Å². The highest BCUT2D eigenvalue weighted by atomic mass is 16.3. The number of amides is 2. The Labute approximate surface area is 143 Å². The SMILES string of the molecule is Cc1ccc(/C(O)=C/C(=O)C(=O)NNC(=O)c2ccccc2O)cc1. The topological polar surface area (TPSA) is 116 Å². The van der Waals surface area contributed by atoms with Crippen molar-refractivity contribution in [1.29, 1.82) is 0 Å². The number of aromatic hydroxyl groups is 1. The molecule has 2 aromatic carbocycles. The van der Waals surface area contributed by atoms with E-state index in [1.165, 1.54) is 24.3 Å². The molecule has 4 N–H and O–H groups in total. The summed E-state index contributed by atoms with van der Waals surface area (Å²) in [6.45, 7) is 1.87. The van der Waals surface area contributed by atoms with Crippen LogP contribution in [0.25, 0.3) is 5.76 Å². The van der Waals surface area contributed by atoms with Gasteiger partial charge in [0, 0.05) is 11.6 Å². The second-order valence-electron chi connectivity index (χ2n) is 5.19. The van der Waals surface area contributed by atoms with Crippen LogP contribution >= 0.6 is 0 Å². The van der Waals surface area contributed by atoms with Gasteiger partial charge in [0.15, 0.2) is 0 Å². The maximum absolute atomic E-state index is 11.8. The molecule has 0 aliphatic heterocycles. The van der Waals surface area contributed by atoms with E-state index in [2.05, 4.69) is 0 Å². The minimum atomic E-state index is -1.14. The quantitative estimate of drug-likeness (QED) is 0.292. The van der Waals surface area contributed by atoms with Crippen LogP contribution in [0.1, 0.15) is 21.5 Å². The highest BCUT2D eigenvalue weighted by molar-refractivity contribution is 6.41. The van der Waals surface area contributed by atoms with Crippen molar-refractivity contribution in [3.63, 3.8) is 0 Å². The summed E-state index contributed by atoms with van der Waals surface area (Å²) in [7, 11) is 0. The lowest BCUT2D eigenvalue weighted by Crippen LogP contribution is -2.44. The molecule has 25 heavy (non-hydrogen) atoms. The number of aryl methyl sites for hydroxylation is 1. The number of para-hydroxylation sites is 1. The van der Waals surface area contributed by atoms with E-state index in [-0.39, 0.29) is 17.1 Å². The van der Waals surface area contributed by atoms with Gasteiger partial charge in [0.25, 0.3) is 5.91 Å². The van der Waals surface area contributed by atoms with E-state index in [4.69, 9.17) is 0 Å². The third kappa shape index (κ3) is 4.68. The molecule has 128 valence electrons. The lowest BCUT2D eigenvalue weighted by Gasteiger charge is -2.07. The maximum atomic E-state index is 11.8. The standard InChI is InChI=1S/C18H16N2O5/c1-11-6-8-12(9-7-11)15(22)10-16(23)18(25)20-19-17(24)13-4-2-3-5-14(13)21/h2-10,21-22H,1H3,(H,19,24)(H,20,25)/b15-10-. The molecule has 0 saturated carbocycles. The van der Waals surface area contributed by atoms with Crippen molar-refractivity contribution in [1.82, 2.24) is 10.9 Å². The molecular weight excluding hydrogens is 324 g/mol. The molecule has 0 spiro atoms. The summed E-state index contributed by atoms with van der Waals surface area (Å²) in [5.41, 5.74) is 5.23. The minimum absolute atomic E-state index is 0.0618. The lowest BCUT2D eigenvalue weighted by atomic mass is 10.1. The van der Waals surface area contributed by atoms with E-state index < -0.39 is 17.6 Å². The fraction of sp³-hybridized carbons (Fsp3) is 0.0556. The number of aliphatic hydroxyl groups is 1. The van der Waals surface area contributed by atoms with E-state index in [0.717, 1.165) is 11.6 Å². The number of carbonyl (C=O) groups excluding carboxylic acids is 3. The Morgan fingerprint density at radius 2 is 1.60 bits per heavy atom. The lowest BCUT2D eigenvalue weighted by molar-refractivity contribution is -0.135. The number of benzene rings is 2. The number of nitrogens with one attached hydrogen (secondary N) is 2. The van der Waals surface area contributed by atoms with Gasteiger partial charge in [-0.05, 0) is 19.1 Å². The molecule has 0 aromatic heterocycles. The van der Waals surface area contributed by atoms with Crippen LogP contribution in [0.2, 0.25) is 0 Å². The Balaban J connectivity index is 1.97. The normalized spacial score (nSPS) is 10.8. The van der Waals surface area contributed by atoms with Gasteiger partial charge in [-0.25, -0.2) is 0 Å². The molecular formula is C18H16N2O5. The van der Waals surface area contributed by atoms with Gasteiger partial charge < -0.3 is 10.2 Å². The zero-order valence-electron chi connectivity index (χ0n) is 13.3. The summed E-state index contributed by atoms with van der Waals surface area (Å²) >= 11 is 0. The van der Waals surface area contributed by atoms with Crippen LogP contribution in [0.5, 0.6) is 5.75 Å². The number of aliphatic hydroxyl groups excluding tert-OH is 1. The summed E-state index contributed by atoms with van der Waals surface area (Å²) in [5.74, 6) is -3.60. The van der Waals surface area contributed by atoms with Gasteiger partial charge >= 0.3 is 5.91 Å². The van der Waals surface area contributed by atoms with Crippen LogP contribution in [0.3, 0.4) is 0 Å². The average molecular weight is 340 g/mol. The molecule has 7 nitrogen and oxygen atoms in total. The van der Waals surface area contributed by atoms with Gasteiger partial charge in [-0.1, -0.05) is 42.0 Å². The molecule has 0 heterocycles. The Bertz CT molecular complexity index is 841. The predicted octanol–water partition coefficient (Wildman–Crippen LogP) is 1.63. The summed E-state index contributed by atoms with van der Waals surface area (Å²) in [5, 5.41) is 19.4. The minimum Gasteiger partial charge on any atom is -0.507 e. The number of phenolic OH excluding ortho intramolecular Hbond substituents is 1. The Hall–Kier alpha value is -3.61. The molecule has 0 fully saturated rings. The Morgan fingerprint density at radius 1 is 0.960 bits per heavy atom. The molecule has 7 heteroatoms. The first-order chi connectivity index (χ1) is 11.9. The second-order valence-corrected chi connectivity index (χ2v) is 5.19. The van der Waals surface area contributed by atoms with Crippen molar-refractivity contribution < 1.29 is 24.6 Å². The van der Waals surface area contributed by atoms with Gasteiger partial charge in [-0.15, -0.1) is 0 Å². The summed E-state index contributed by atoms with van der Waals surface area (Å²) < 4.78 is 0. The highest BCUT2D eigenvalue weighted by Gasteiger charge is 2.15. The van der Waals surface area contributed by atoms with Crippen LogP contribution in [-0.4, -0.2) is 27.8 Å². The van der Waals surface area contributed by atoms with Crippen molar-refractivity contribution in [2.45, 2.75) is 6.92 Å². The molecule has 0 bridgehead atoms. The van der Waals surface area contributed by atoms with Crippen molar-refractivity contribution in [3.05, 3.63) is 71.3 Å². The third-order valence-corrected chi connectivity index (χ3v) is 3.28. The van der Waals surface area contributed by atoms with Crippen molar-refractivity contribution in [2.24, 2.45) is 0 Å². The first kappa shape index (κ1) is 17.7. The smallest absolute Gasteiger partial charge is 0.310 e. The van der Waals surface area contributed by atoms with Crippen molar-refractivity contribution in [2.75, 3.05) is 0 Å². The zero-order valence-corrected chi connectivity index (χ0v) is 13.3. The van der Waals surface area contributed by atoms with Crippen molar-refractivity contribution >= 4 is 23.4 Å². The molecule has 2 aromatic rings. The number of phenols is 1. The molecule has 2 rings (SSSR count). The Morgan fingerprint density at radius 3 is 2.24 bits per heavy atom. The monoisotopic (exact) mass is 340 g/mol. The first-order valence-corrected chi connectivity index (χ1v) is 7.29. The summed E-state index contributed by atoms with van der Waals surface area (Å²) in [6, 6.07) is 12.4. The maximum Gasteiger partial charge on any atom is 0.310 e. The number of hydrogen-bond acceptors (Lipinski definition) is 5. The fourth-order valence-electron chi connectivity index (χ4n) is 1.91. The largest absolute Gasteiger partial charge is 0.507 e. The fourth-order valence-corrected chi connectivity index (χ4v) is 1.91. The molecule has 0 aliphatic carbocycles. The van der Waals surface area contributed by atoms with Gasteiger partial charge in [0.05, 0.1) is 5.56 Å². The van der Waals surface area contributed by atoms with Gasteiger partial charge in [0.2, 0.25) is 5.78 Å². The second kappa shape index (κ2) is 7.78. The van der Waals surface area contributed by atoms with Gasteiger partial charge in [0.1, 0.15) is 11.5 Å². The Kier molecular flexibility index (Phi) is 5.52. The third-order valence-electron chi connectivity index (χ3n) is 3.28. The van der Waals surface area contributed by atoms with Gasteiger partial charge in [-0.2, -0.15) is 0 Å². The van der Waals surface area contributed by atoms with Crippen LogP contribution in [-0.2, 0) is 9.59 Å². The van der Waals surface area contributed by atoms with Crippen LogP contribution in [0.4, 0.5) is 0 Å². The summed E-state index contributed by atoms with van der Waals surface area (Å²) in [4.78, 5) is 35.3. The molecule has 0 radical (unpaired) electrons. The summed E-state index contributed by atoms with van der Waals surface area (Å²) in [6.07, 6.45) is 0.756. The molecule has 2 amide bonds. The molecule has 0 atom stereocenters. The zero-order chi connectivity index (χ0) is 18.4. The van der Waals surface area contributed by atoms with E-state index in [9.17, 15) is 24.6 Å². The first-order valence-electron chi connectivity index (χ1n) is 7.29. The number of carbonyl (C=O) groups is 3. The van der Waals surface area contributed by atoms with Crippen molar-refractivity contribution in [3.8, 4) is 5.75 Å². The number of rotatable bonds is 4. The molecule has 0 saturated heterocycles. The van der Waals surface area contributed by atoms with E-state index in [1.54, 1.807) is 24.3 Å². The average Bonchev–Trinajstić information content (AvgIpc) is 2.60. The molecule has 0 aliphatic rings. The predicted molar refractivity (Wildman–Crippen MR) is 90.5 cm³/mol. The number of ketones is 1. The van der Waals surface area contributed by atoms with Crippen LogP contribution in [0, 0.1) is 6.92 Å². The van der Waals surface area contributed by atoms with E-state index >= 15 is 0 Å². The van der Waals surface area contributed by atoms with E-state index in [1.807, 2.05) is 17.8 Å². The number of hydrazine groups is 1. The van der Waals surface area contributed by atoms with E-state index in [0.29, 0.717) is 5.56 Å². The number of hydrogen-bond donors (Lipinski definition) is 4. The highest BCUT2D eigenvalue weighted by Crippen LogP contribution is 2.14.